The van der Waals surface area contributed by atoms with Gasteiger partial charge in [-0.2, -0.15) is 0 Å². The average Bonchev–Trinajstić information content (AvgIpc) is 3.15. The first-order valence-corrected chi connectivity index (χ1v) is 18.7. The van der Waals surface area contributed by atoms with E-state index >= 15 is 0 Å². The van der Waals surface area contributed by atoms with E-state index in [4.69, 9.17) is 50.0 Å². The largest absolute Gasteiger partial charge is 0.469 e. The van der Waals surface area contributed by atoms with Crippen molar-refractivity contribution in [1.82, 2.24) is 24.9 Å². The van der Waals surface area contributed by atoms with Crippen molar-refractivity contribution in [2.45, 2.75) is 33.1 Å². The standard InChI is InChI=1S/C37H68N8O9/c1-28(31(46)51-5)23-29(32(47)52-6)25-44(19-17-42(14-10-39)16-13-41-12-9-38)20-18-43(15-11-40)21-22-45-26-30(33(48)53-7)24-37(4,34(45)49)27-36(2,3)35(50)54-8/h1-2,28-30,41H,9-27,38-40H2,3-8H3. The van der Waals surface area contributed by atoms with Gasteiger partial charge in [0.2, 0.25) is 5.91 Å². The molecule has 0 bridgehead atoms. The summed E-state index contributed by atoms with van der Waals surface area (Å²) in [5.41, 5.74) is 15.0. The van der Waals surface area contributed by atoms with E-state index in [0.29, 0.717) is 72.0 Å². The smallest absolute Gasteiger partial charge is 0.311 e. The molecule has 5 unspecified atom stereocenters. The Morgan fingerprint density at radius 3 is 1.94 bits per heavy atom. The lowest BCUT2D eigenvalue weighted by Crippen LogP contribution is -2.56. The Kier molecular flexibility index (Phi) is 23.0. The van der Waals surface area contributed by atoms with Gasteiger partial charge in [-0.1, -0.05) is 6.92 Å². The number of hydrogen-bond donors (Lipinski definition) is 4. The Balaban J connectivity index is 3.26. The van der Waals surface area contributed by atoms with Crippen LogP contribution in [0, 0.1) is 42.4 Å². The highest BCUT2D eigenvalue weighted by Crippen LogP contribution is 2.43. The summed E-state index contributed by atoms with van der Waals surface area (Å²) < 4.78 is 19.8. The molecule has 1 amide bonds. The van der Waals surface area contributed by atoms with Gasteiger partial charge in [-0.15, -0.1) is 0 Å². The maximum absolute atomic E-state index is 14.0. The molecular formula is C37H68N8O9. The summed E-state index contributed by atoms with van der Waals surface area (Å²) in [7, 11) is 5.08. The van der Waals surface area contributed by atoms with Gasteiger partial charge in [-0.3, -0.25) is 38.7 Å². The molecule has 4 radical (unpaired) electrons. The minimum Gasteiger partial charge on any atom is -0.469 e. The Bertz CT molecular complexity index is 1160. The maximum Gasteiger partial charge on any atom is 0.311 e. The number of methoxy groups -OCH3 is 4. The highest BCUT2D eigenvalue weighted by molar-refractivity contribution is 5.87. The van der Waals surface area contributed by atoms with Gasteiger partial charge < -0.3 is 46.4 Å². The van der Waals surface area contributed by atoms with Crippen molar-refractivity contribution in [3.63, 3.8) is 0 Å². The van der Waals surface area contributed by atoms with E-state index in [2.05, 4.69) is 20.0 Å². The predicted octanol–water partition coefficient (Wildman–Crippen LogP) is -1.65. The number of carbonyl (C=O) groups excluding carboxylic acids is 5. The number of carbonyl (C=O) groups is 5. The molecule has 17 nitrogen and oxygen atoms in total. The summed E-state index contributed by atoms with van der Waals surface area (Å²) in [4.78, 5) is 72.5. The lowest BCUT2D eigenvalue weighted by molar-refractivity contribution is -0.162. The van der Waals surface area contributed by atoms with E-state index in [1.165, 1.54) is 35.4 Å². The number of hydrogen-bond acceptors (Lipinski definition) is 16. The first-order chi connectivity index (χ1) is 25.6. The van der Waals surface area contributed by atoms with Gasteiger partial charge in [0, 0.05) is 110 Å². The molecule has 5 atom stereocenters. The number of piperidine rings is 1. The Hall–Kier alpha value is -2.93. The molecule has 1 aliphatic heterocycles. The van der Waals surface area contributed by atoms with Crippen molar-refractivity contribution >= 4 is 29.8 Å². The van der Waals surface area contributed by atoms with Crippen LogP contribution in [-0.4, -0.2) is 183 Å². The normalized spacial score (nSPS) is 18.9. The molecule has 54 heavy (non-hydrogen) atoms. The Morgan fingerprint density at radius 1 is 0.852 bits per heavy atom. The molecule has 0 aliphatic carbocycles. The quantitative estimate of drug-likeness (QED) is 0.0397. The number of rotatable bonds is 28. The van der Waals surface area contributed by atoms with E-state index in [9.17, 15) is 24.0 Å². The van der Waals surface area contributed by atoms with Gasteiger partial charge in [-0.05, 0) is 40.0 Å². The molecule has 1 rings (SSSR count). The average molecular weight is 769 g/mol. The zero-order valence-corrected chi connectivity index (χ0v) is 33.5. The second-order valence-corrected chi connectivity index (χ2v) is 14.5. The van der Waals surface area contributed by atoms with Gasteiger partial charge in [-0.25, -0.2) is 0 Å². The molecule has 0 aromatic rings. The van der Waals surface area contributed by atoms with Crippen LogP contribution >= 0.6 is 0 Å². The van der Waals surface area contributed by atoms with E-state index in [1.807, 2.05) is 0 Å². The van der Waals surface area contributed by atoms with Crippen molar-refractivity contribution in [3.05, 3.63) is 13.8 Å². The number of esters is 4. The van der Waals surface area contributed by atoms with Crippen molar-refractivity contribution < 1.29 is 42.9 Å². The number of nitrogens with one attached hydrogen (secondary N) is 1. The summed E-state index contributed by atoms with van der Waals surface area (Å²) in [5, 5.41) is 3.30. The van der Waals surface area contributed by atoms with Crippen molar-refractivity contribution in [3.8, 4) is 0 Å². The van der Waals surface area contributed by atoms with Crippen molar-refractivity contribution in [2.75, 3.05) is 133 Å². The number of nitrogens with two attached hydrogens (primary N) is 3. The molecule has 1 heterocycles. The molecule has 0 aromatic carbocycles. The summed E-state index contributed by atoms with van der Waals surface area (Å²) in [5.74, 6) is -4.77. The van der Waals surface area contributed by atoms with Gasteiger partial charge in [0.15, 0.2) is 0 Å². The molecule has 0 spiro atoms. The lowest BCUT2D eigenvalue weighted by atomic mass is 9.67. The third-order valence-electron chi connectivity index (χ3n) is 9.91. The number of nitrogens with zero attached hydrogens (tertiary/aromatic N) is 4. The third-order valence-corrected chi connectivity index (χ3v) is 9.91. The lowest BCUT2D eigenvalue weighted by Gasteiger charge is -2.45. The minimum atomic E-state index is -1.46. The Morgan fingerprint density at radius 2 is 1.43 bits per heavy atom. The van der Waals surface area contributed by atoms with Gasteiger partial charge in [0.25, 0.3) is 0 Å². The van der Waals surface area contributed by atoms with Gasteiger partial charge in [0.05, 0.1) is 51.6 Å². The van der Waals surface area contributed by atoms with Gasteiger partial charge >= 0.3 is 23.9 Å². The summed E-state index contributed by atoms with van der Waals surface area (Å²) in [6, 6.07) is 0. The van der Waals surface area contributed by atoms with Crippen LogP contribution in [0.4, 0.5) is 0 Å². The summed E-state index contributed by atoms with van der Waals surface area (Å²) in [6.07, 6.45) is 0.181. The minimum absolute atomic E-state index is 0.0256. The van der Waals surface area contributed by atoms with Crippen LogP contribution in [-0.2, 0) is 42.9 Å². The predicted molar refractivity (Wildman–Crippen MR) is 203 cm³/mol. The van der Waals surface area contributed by atoms with Crippen LogP contribution < -0.4 is 22.5 Å². The first kappa shape index (κ1) is 49.1. The highest BCUT2D eigenvalue weighted by Gasteiger charge is 2.50. The van der Waals surface area contributed by atoms with Gasteiger partial charge in [0.1, 0.15) is 0 Å². The van der Waals surface area contributed by atoms with Crippen LogP contribution in [0.1, 0.15) is 33.1 Å². The summed E-state index contributed by atoms with van der Waals surface area (Å²) in [6.45, 7) is 23.7. The van der Waals surface area contributed by atoms with Crippen molar-refractivity contribution in [1.29, 1.82) is 0 Å². The molecule has 1 fully saturated rings. The summed E-state index contributed by atoms with van der Waals surface area (Å²) >= 11 is 0. The number of ether oxygens (including phenoxy) is 4. The van der Waals surface area contributed by atoms with Crippen LogP contribution in [0.25, 0.3) is 0 Å². The van der Waals surface area contributed by atoms with E-state index in [1.54, 1.807) is 11.8 Å². The molecular weight excluding hydrogens is 700 g/mol. The molecule has 17 heteroatoms. The first-order valence-electron chi connectivity index (χ1n) is 18.7. The SMILES string of the molecule is [CH]C(CC(CN(CCN(CCN)CCNCCN)CCN(CCN)CCN1CC(C(=O)OC)CC(C)(CC([CH])(C)C(=O)OC)C1=O)C(=O)OC)C(=O)OC. The van der Waals surface area contributed by atoms with E-state index in [-0.39, 0.29) is 44.8 Å². The van der Waals surface area contributed by atoms with E-state index in [0.717, 1.165) is 13.1 Å². The molecule has 0 aromatic heterocycles. The second kappa shape index (κ2) is 25.3. The van der Waals surface area contributed by atoms with Crippen LogP contribution in [0.2, 0.25) is 0 Å². The molecule has 1 saturated heterocycles. The second-order valence-electron chi connectivity index (χ2n) is 14.5. The van der Waals surface area contributed by atoms with Crippen LogP contribution in [0.3, 0.4) is 0 Å². The Labute approximate surface area is 323 Å². The zero-order valence-electron chi connectivity index (χ0n) is 33.5. The highest BCUT2D eigenvalue weighted by atomic mass is 16.5. The number of likely N-dealkylation sites (tertiary alicyclic amines) is 1. The van der Waals surface area contributed by atoms with Crippen molar-refractivity contribution in [2.24, 2.45) is 45.8 Å². The molecule has 0 saturated carbocycles. The fourth-order valence-corrected chi connectivity index (χ4v) is 7.11. The molecule has 7 N–H and O–H groups in total. The third kappa shape index (κ3) is 16.4. The van der Waals surface area contributed by atoms with E-state index < -0.39 is 52.5 Å². The molecule has 310 valence electrons. The topological polar surface area (TPSA) is 225 Å². The zero-order chi connectivity index (χ0) is 40.9. The monoisotopic (exact) mass is 769 g/mol. The fraction of sp³-hybridized carbons (Fsp3) is 0.811. The fourth-order valence-electron chi connectivity index (χ4n) is 7.11. The van der Waals surface area contributed by atoms with Crippen LogP contribution in [0.5, 0.6) is 0 Å². The maximum atomic E-state index is 14.0. The molecule has 1 aliphatic rings. The van der Waals surface area contributed by atoms with Crippen LogP contribution in [0.15, 0.2) is 0 Å². The number of amides is 1.